The monoisotopic (exact) mass is 842 g/mol. The van der Waals surface area contributed by atoms with Crippen molar-refractivity contribution in [2.45, 2.75) is 0 Å². The zero-order valence-corrected chi connectivity index (χ0v) is 35.6. The quantitative estimate of drug-likeness (QED) is 0.142. The van der Waals surface area contributed by atoms with Crippen molar-refractivity contribution >= 4 is 32.6 Å². The Morgan fingerprint density at radius 1 is 0.258 bits per heavy atom. The van der Waals surface area contributed by atoms with Crippen molar-refractivity contribution in [2.75, 3.05) is 0 Å². The normalized spacial score (nSPS) is 11.3. The first kappa shape index (κ1) is 38.7. The van der Waals surface area contributed by atoms with Gasteiger partial charge in [0.2, 0.25) is 0 Å². The molecule has 0 radical (unpaired) electrons. The first-order valence-corrected chi connectivity index (χ1v) is 22.0. The van der Waals surface area contributed by atoms with Gasteiger partial charge in [-0.3, -0.25) is 4.98 Å². The molecule has 4 aromatic heterocycles. The molecule has 0 spiro atoms. The molecule has 6 heteroatoms. The molecular formula is C60H38N6. The summed E-state index contributed by atoms with van der Waals surface area (Å²) in [5, 5.41) is 4.34. The van der Waals surface area contributed by atoms with Crippen LogP contribution in [0.15, 0.2) is 231 Å². The molecule has 0 amide bonds. The first-order chi connectivity index (χ1) is 32.7. The summed E-state index contributed by atoms with van der Waals surface area (Å²) in [4.78, 5) is 30.3. The summed E-state index contributed by atoms with van der Waals surface area (Å²) in [5.41, 5.74) is 14.9. The molecule has 0 atom stereocenters. The maximum absolute atomic E-state index is 5.37. The molecule has 4 heterocycles. The standard InChI is InChI=1S/C60H38N6/c1-4-14-39(15-5-1)53-37-55(40-16-6-2-7-17-40)63-57-52(53)30-28-41-29-31-54(62-56(41)57)46-23-10-20-43(34-46)44-21-11-24-47(35-44)59-64-58(42-18-8-3-9-19-42)65-60(66-59)48-25-12-22-45(36-48)50-27-13-26-49-38-61-33-32-51(49)50/h1-38H. The lowest BCUT2D eigenvalue weighted by Crippen LogP contribution is -2.00. The molecule has 308 valence electrons. The highest BCUT2D eigenvalue weighted by Crippen LogP contribution is 2.37. The number of nitrogens with zero attached hydrogens (tertiary/aromatic N) is 6. The summed E-state index contributed by atoms with van der Waals surface area (Å²) in [6.07, 6.45) is 3.74. The second-order valence-corrected chi connectivity index (χ2v) is 16.3. The average molecular weight is 843 g/mol. The molecule has 0 N–H and O–H groups in total. The van der Waals surface area contributed by atoms with Crippen molar-refractivity contribution in [3.63, 3.8) is 0 Å². The predicted octanol–water partition coefficient (Wildman–Crippen LogP) is 14.9. The highest BCUT2D eigenvalue weighted by molar-refractivity contribution is 6.09. The Hall–Kier alpha value is -9.00. The van der Waals surface area contributed by atoms with Gasteiger partial charge in [0.05, 0.1) is 22.4 Å². The fraction of sp³-hybridized carbons (Fsp3) is 0. The molecule has 6 nitrogen and oxygen atoms in total. The molecule has 0 saturated carbocycles. The van der Waals surface area contributed by atoms with E-state index in [1.807, 2.05) is 48.8 Å². The lowest BCUT2D eigenvalue weighted by Gasteiger charge is -2.13. The Bertz CT molecular complexity index is 3760. The van der Waals surface area contributed by atoms with Gasteiger partial charge in [-0.05, 0) is 75.2 Å². The summed E-state index contributed by atoms with van der Waals surface area (Å²) in [6.45, 7) is 0. The van der Waals surface area contributed by atoms with Gasteiger partial charge in [-0.1, -0.05) is 182 Å². The SMILES string of the molecule is c1ccc(-c2cc(-c3ccccc3)c3ccc4ccc(-c5cccc(-c6cccc(-c7nc(-c8ccccc8)nc(-c8cccc(-c9cccc%10cnccc9%10)c8)n7)c6)c5)nc4c3n2)cc1. The Morgan fingerprint density at radius 3 is 1.50 bits per heavy atom. The molecule has 12 rings (SSSR count). The van der Waals surface area contributed by atoms with Gasteiger partial charge in [0.15, 0.2) is 17.5 Å². The summed E-state index contributed by atoms with van der Waals surface area (Å²) in [5.74, 6) is 1.81. The highest BCUT2D eigenvalue weighted by atomic mass is 15.0. The van der Waals surface area contributed by atoms with Crippen molar-refractivity contribution < 1.29 is 0 Å². The predicted molar refractivity (Wildman–Crippen MR) is 269 cm³/mol. The third-order valence-electron chi connectivity index (χ3n) is 12.2. The van der Waals surface area contributed by atoms with Crippen LogP contribution in [-0.4, -0.2) is 29.9 Å². The number of rotatable bonds is 8. The molecule has 0 aliphatic carbocycles. The third-order valence-corrected chi connectivity index (χ3v) is 12.2. The summed E-state index contributed by atoms with van der Waals surface area (Å²) in [7, 11) is 0. The minimum atomic E-state index is 0.596. The number of aromatic nitrogens is 6. The van der Waals surface area contributed by atoms with E-state index in [9.17, 15) is 0 Å². The number of pyridine rings is 3. The van der Waals surface area contributed by atoms with Crippen LogP contribution in [0.1, 0.15) is 0 Å². The van der Waals surface area contributed by atoms with Crippen LogP contribution < -0.4 is 0 Å². The minimum absolute atomic E-state index is 0.596. The van der Waals surface area contributed by atoms with Gasteiger partial charge in [-0.15, -0.1) is 0 Å². The van der Waals surface area contributed by atoms with Crippen molar-refractivity contribution in [1.29, 1.82) is 0 Å². The fourth-order valence-electron chi connectivity index (χ4n) is 8.89. The number of fused-ring (bicyclic) bond motifs is 4. The van der Waals surface area contributed by atoms with Gasteiger partial charge in [-0.2, -0.15) is 0 Å². The Kier molecular flexibility index (Phi) is 9.73. The molecule has 0 unspecified atom stereocenters. The lowest BCUT2D eigenvalue weighted by molar-refractivity contribution is 1.07. The molecule has 0 aliphatic heterocycles. The van der Waals surface area contributed by atoms with E-state index in [4.69, 9.17) is 24.9 Å². The molecule has 0 fully saturated rings. The van der Waals surface area contributed by atoms with E-state index in [2.05, 4.69) is 187 Å². The van der Waals surface area contributed by atoms with Crippen LogP contribution in [-0.2, 0) is 0 Å². The maximum Gasteiger partial charge on any atom is 0.164 e. The summed E-state index contributed by atoms with van der Waals surface area (Å²) < 4.78 is 0. The van der Waals surface area contributed by atoms with Gasteiger partial charge in [-0.25, -0.2) is 24.9 Å². The lowest BCUT2D eigenvalue weighted by atomic mass is 9.96. The first-order valence-electron chi connectivity index (χ1n) is 22.0. The maximum atomic E-state index is 5.37. The number of benzene rings is 8. The fourth-order valence-corrected chi connectivity index (χ4v) is 8.89. The van der Waals surface area contributed by atoms with Crippen molar-refractivity contribution in [3.05, 3.63) is 231 Å². The van der Waals surface area contributed by atoms with E-state index >= 15 is 0 Å². The van der Waals surface area contributed by atoms with Gasteiger partial charge in [0.25, 0.3) is 0 Å². The Balaban J connectivity index is 0.938. The largest absolute Gasteiger partial charge is 0.264 e. The van der Waals surface area contributed by atoms with Crippen LogP contribution >= 0.6 is 0 Å². The molecule has 8 aromatic carbocycles. The molecule has 12 aromatic rings. The van der Waals surface area contributed by atoms with Crippen LogP contribution in [0, 0.1) is 0 Å². The van der Waals surface area contributed by atoms with Crippen LogP contribution in [0.3, 0.4) is 0 Å². The van der Waals surface area contributed by atoms with Crippen molar-refractivity contribution in [1.82, 2.24) is 29.9 Å². The molecule has 0 aliphatic rings. The van der Waals surface area contributed by atoms with E-state index in [-0.39, 0.29) is 0 Å². The summed E-state index contributed by atoms with van der Waals surface area (Å²) in [6, 6.07) is 75.6. The van der Waals surface area contributed by atoms with E-state index in [1.165, 1.54) is 0 Å². The molecule has 66 heavy (non-hydrogen) atoms. The van der Waals surface area contributed by atoms with Crippen molar-refractivity contribution in [2.24, 2.45) is 0 Å². The van der Waals surface area contributed by atoms with Crippen LogP contribution in [0.5, 0.6) is 0 Å². The summed E-state index contributed by atoms with van der Waals surface area (Å²) >= 11 is 0. The highest BCUT2D eigenvalue weighted by Gasteiger charge is 2.17. The average Bonchev–Trinajstić information content (AvgIpc) is 3.41. The zero-order valence-electron chi connectivity index (χ0n) is 35.6. The Labute approximate surface area is 381 Å². The van der Waals surface area contributed by atoms with E-state index in [0.29, 0.717) is 17.5 Å². The van der Waals surface area contributed by atoms with E-state index < -0.39 is 0 Å². The second-order valence-electron chi connectivity index (χ2n) is 16.3. The molecule has 0 bridgehead atoms. The van der Waals surface area contributed by atoms with Crippen LogP contribution in [0.25, 0.3) is 123 Å². The van der Waals surface area contributed by atoms with E-state index in [1.54, 1.807) is 0 Å². The smallest absolute Gasteiger partial charge is 0.164 e. The number of hydrogen-bond donors (Lipinski definition) is 0. The molecular weight excluding hydrogens is 805 g/mol. The van der Waals surface area contributed by atoms with Gasteiger partial charge in [0.1, 0.15) is 0 Å². The Morgan fingerprint density at radius 2 is 0.788 bits per heavy atom. The van der Waals surface area contributed by atoms with Crippen LogP contribution in [0.4, 0.5) is 0 Å². The number of hydrogen-bond acceptors (Lipinski definition) is 6. The second kappa shape index (κ2) is 16.6. The van der Waals surface area contributed by atoms with Crippen molar-refractivity contribution in [3.8, 4) is 90.1 Å². The third kappa shape index (κ3) is 7.32. The topological polar surface area (TPSA) is 77.3 Å². The zero-order chi connectivity index (χ0) is 43.8. The van der Waals surface area contributed by atoms with Gasteiger partial charge >= 0.3 is 0 Å². The van der Waals surface area contributed by atoms with Crippen LogP contribution in [0.2, 0.25) is 0 Å². The molecule has 0 saturated heterocycles. The van der Waals surface area contributed by atoms with Gasteiger partial charge in [0, 0.05) is 56.4 Å². The van der Waals surface area contributed by atoms with E-state index in [0.717, 1.165) is 105 Å². The minimum Gasteiger partial charge on any atom is -0.264 e. The van der Waals surface area contributed by atoms with Gasteiger partial charge < -0.3 is 0 Å².